The lowest BCUT2D eigenvalue weighted by atomic mass is 9.89. The summed E-state index contributed by atoms with van der Waals surface area (Å²) in [6, 6.07) is 0. The first kappa shape index (κ1) is 28.7. The van der Waals surface area contributed by atoms with Crippen molar-refractivity contribution in [2.24, 2.45) is 0 Å². The molecule has 0 aromatic heterocycles. The highest BCUT2D eigenvalue weighted by Gasteiger charge is 2.90. The minimum absolute atomic E-state index is 4.51. The fourth-order valence-corrected chi connectivity index (χ4v) is 1.65. The summed E-state index contributed by atoms with van der Waals surface area (Å²) in [7, 11) is 0. The van der Waals surface area contributed by atoms with Gasteiger partial charge in [-0.15, -0.1) is 0 Å². The largest absolute Gasteiger partial charge is 0.418 e. The van der Waals surface area contributed by atoms with Gasteiger partial charge < -0.3 is 10.2 Å². The first-order valence-corrected chi connectivity index (χ1v) is 6.71. The molecule has 0 spiro atoms. The molecule has 0 aliphatic heterocycles. The van der Waals surface area contributed by atoms with Crippen LogP contribution in [-0.2, 0) is 0 Å². The molecule has 5 atom stereocenters. The standard InChI is InChI=1S/C11H7F17O2/c12-1(3(14)5(16)17)2(13)4(15)6(18,19)7(20,21)8(22,23)9(24,25)10(26,29)11(27,28)30/h1-5,29-30H. The first-order valence-electron chi connectivity index (χ1n) is 6.71. The van der Waals surface area contributed by atoms with Crippen LogP contribution in [0.1, 0.15) is 0 Å². The quantitative estimate of drug-likeness (QED) is 0.443. The van der Waals surface area contributed by atoms with Crippen LogP contribution in [0.25, 0.3) is 0 Å². The highest BCUT2D eigenvalue weighted by Crippen LogP contribution is 2.59. The molecule has 30 heavy (non-hydrogen) atoms. The molecule has 0 radical (unpaired) electrons. The van der Waals surface area contributed by atoms with Crippen molar-refractivity contribution in [1.29, 1.82) is 0 Å². The summed E-state index contributed by atoms with van der Waals surface area (Å²) >= 11 is 0. The van der Waals surface area contributed by atoms with Gasteiger partial charge in [-0.3, -0.25) is 0 Å². The highest BCUT2D eigenvalue weighted by molar-refractivity contribution is 5.12. The van der Waals surface area contributed by atoms with Crippen molar-refractivity contribution in [2.45, 2.75) is 66.8 Å². The molecule has 0 aliphatic rings. The minimum atomic E-state index is -8.30. The predicted octanol–water partition coefficient (Wildman–Crippen LogP) is 4.39. The van der Waals surface area contributed by atoms with Crippen molar-refractivity contribution >= 4 is 0 Å². The minimum Gasteiger partial charge on any atom is -0.350 e. The lowest BCUT2D eigenvalue weighted by molar-refractivity contribution is -0.471. The molecule has 2 nitrogen and oxygen atoms in total. The summed E-state index contributed by atoms with van der Waals surface area (Å²) in [5, 5.41) is 15.6. The number of hydrogen-bond acceptors (Lipinski definition) is 2. The van der Waals surface area contributed by atoms with E-state index in [2.05, 4.69) is 0 Å². The summed E-state index contributed by atoms with van der Waals surface area (Å²) < 4.78 is 218. The maximum Gasteiger partial charge on any atom is 0.418 e. The molecule has 182 valence electrons. The van der Waals surface area contributed by atoms with Crippen LogP contribution in [-0.4, -0.2) is 77.0 Å². The molecule has 0 heterocycles. The van der Waals surface area contributed by atoms with Crippen LogP contribution < -0.4 is 0 Å². The Labute approximate surface area is 153 Å². The molecule has 0 rings (SSSR count). The summed E-state index contributed by atoms with van der Waals surface area (Å²) in [4.78, 5) is 0. The molecule has 2 N–H and O–H groups in total. The third-order valence-electron chi connectivity index (χ3n) is 3.50. The molecular weight excluding hydrogens is 487 g/mol. The number of aliphatic hydroxyl groups is 2. The zero-order valence-electron chi connectivity index (χ0n) is 13.2. The van der Waals surface area contributed by atoms with Crippen LogP contribution in [0.15, 0.2) is 0 Å². The second kappa shape index (κ2) is 8.01. The molecule has 0 amide bonds. The summed E-state index contributed by atoms with van der Waals surface area (Å²) in [5.41, 5.74) is 0. The van der Waals surface area contributed by atoms with E-state index in [1.807, 2.05) is 0 Å². The molecule has 0 bridgehead atoms. The maximum absolute atomic E-state index is 13.3. The zero-order chi connectivity index (χ0) is 24.9. The lowest BCUT2D eigenvalue weighted by Gasteiger charge is -2.42. The molecular formula is C11H7F17O2. The van der Waals surface area contributed by atoms with Crippen molar-refractivity contribution in [2.75, 3.05) is 0 Å². The van der Waals surface area contributed by atoms with Crippen LogP contribution in [0.5, 0.6) is 0 Å². The van der Waals surface area contributed by atoms with E-state index in [-0.39, 0.29) is 0 Å². The Morgan fingerprint density at radius 3 is 1.13 bits per heavy atom. The first-order chi connectivity index (χ1) is 12.8. The predicted molar refractivity (Wildman–Crippen MR) is 58.6 cm³/mol. The Bertz CT molecular complexity index is 585. The Hall–Kier alpha value is -1.27. The summed E-state index contributed by atoms with van der Waals surface area (Å²) in [5.74, 6) is -39.6. The number of alkyl halides is 17. The third-order valence-corrected chi connectivity index (χ3v) is 3.50. The molecule has 5 unspecified atom stereocenters. The van der Waals surface area contributed by atoms with Crippen LogP contribution >= 0.6 is 0 Å². The second-order valence-electron chi connectivity index (χ2n) is 5.58. The molecule has 0 aliphatic carbocycles. The van der Waals surface area contributed by atoms with E-state index in [0.29, 0.717) is 0 Å². The van der Waals surface area contributed by atoms with E-state index in [1.54, 1.807) is 0 Å². The van der Waals surface area contributed by atoms with Crippen molar-refractivity contribution in [1.82, 2.24) is 0 Å². The van der Waals surface area contributed by atoms with Gasteiger partial charge in [0.05, 0.1) is 0 Å². The fraction of sp³-hybridized carbons (Fsp3) is 1.00. The molecule has 0 fully saturated rings. The average molecular weight is 494 g/mol. The van der Waals surface area contributed by atoms with Gasteiger partial charge in [0.2, 0.25) is 6.17 Å². The molecule has 0 saturated carbocycles. The van der Waals surface area contributed by atoms with E-state index in [4.69, 9.17) is 10.2 Å². The van der Waals surface area contributed by atoms with Gasteiger partial charge in [-0.05, 0) is 0 Å². The lowest BCUT2D eigenvalue weighted by Crippen LogP contribution is -2.73. The highest BCUT2D eigenvalue weighted by atomic mass is 19.4. The van der Waals surface area contributed by atoms with Gasteiger partial charge in [-0.25, -0.2) is 26.3 Å². The summed E-state index contributed by atoms with van der Waals surface area (Å²) in [6.45, 7) is 0. The van der Waals surface area contributed by atoms with Crippen LogP contribution in [0.2, 0.25) is 0 Å². The zero-order valence-corrected chi connectivity index (χ0v) is 13.2. The fourth-order valence-electron chi connectivity index (χ4n) is 1.65. The van der Waals surface area contributed by atoms with E-state index in [0.717, 1.165) is 0 Å². The Balaban J connectivity index is 6.30. The van der Waals surface area contributed by atoms with Gasteiger partial charge in [-0.1, -0.05) is 0 Å². The van der Waals surface area contributed by atoms with Crippen LogP contribution in [0, 0.1) is 0 Å². The molecule has 0 saturated heterocycles. The van der Waals surface area contributed by atoms with E-state index in [9.17, 15) is 74.6 Å². The topological polar surface area (TPSA) is 40.5 Å². The summed E-state index contributed by atoms with van der Waals surface area (Å²) in [6.07, 6.45) is -31.9. The average Bonchev–Trinajstić information content (AvgIpc) is 2.56. The Kier molecular flexibility index (Phi) is 7.67. The second-order valence-corrected chi connectivity index (χ2v) is 5.58. The van der Waals surface area contributed by atoms with Crippen molar-refractivity contribution in [3.05, 3.63) is 0 Å². The van der Waals surface area contributed by atoms with Crippen molar-refractivity contribution in [3.63, 3.8) is 0 Å². The van der Waals surface area contributed by atoms with E-state index >= 15 is 0 Å². The van der Waals surface area contributed by atoms with Crippen LogP contribution in [0.3, 0.4) is 0 Å². The van der Waals surface area contributed by atoms with Gasteiger partial charge in [0.25, 0.3) is 6.43 Å². The van der Waals surface area contributed by atoms with Crippen LogP contribution in [0.4, 0.5) is 74.6 Å². The van der Waals surface area contributed by atoms with Crippen molar-refractivity contribution in [3.8, 4) is 0 Å². The smallest absolute Gasteiger partial charge is 0.350 e. The van der Waals surface area contributed by atoms with Gasteiger partial charge in [-0.2, -0.15) is 48.3 Å². The Morgan fingerprint density at radius 2 is 0.833 bits per heavy atom. The van der Waals surface area contributed by atoms with Crippen molar-refractivity contribution < 1.29 is 84.9 Å². The van der Waals surface area contributed by atoms with E-state index < -0.39 is 66.8 Å². The van der Waals surface area contributed by atoms with Gasteiger partial charge in [0, 0.05) is 0 Å². The SMILES string of the molecule is OC(F)(F)C(O)(F)C(F)(F)C(F)(F)C(F)(F)C(F)(F)C(F)C(F)C(F)C(F)C(F)F. The van der Waals surface area contributed by atoms with Gasteiger partial charge >= 0.3 is 35.7 Å². The number of halogens is 17. The van der Waals surface area contributed by atoms with Gasteiger partial charge in [0.1, 0.15) is 0 Å². The molecule has 0 aromatic carbocycles. The van der Waals surface area contributed by atoms with E-state index in [1.165, 1.54) is 0 Å². The molecule has 19 heteroatoms. The molecule has 0 aromatic rings. The third kappa shape index (κ3) is 4.10. The number of rotatable bonds is 10. The normalized spacial score (nSPS) is 21.2. The monoisotopic (exact) mass is 494 g/mol. The maximum atomic E-state index is 13.3. The van der Waals surface area contributed by atoms with Gasteiger partial charge in [0.15, 0.2) is 18.5 Å². The Morgan fingerprint density at radius 1 is 0.467 bits per heavy atom. The number of hydrogen-bond donors (Lipinski definition) is 2.